The molecule has 1 fully saturated rings. The number of hydrogen-bond donors (Lipinski definition) is 2. The normalized spacial score (nSPS) is 18.3. The Bertz CT molecular complexity index is 1820. The van der Waals surface area contributed by atoms with Gasteiger partial charge in [-0.25, -0.2) is 19.2 Å². The number of nitriles is 1. The Labute approximate surface area is 257 Å². The number of likely N-dealkylation sites (N-methyl/N-ethyl adjacent to an activating group) is 1. The van der Waals surface area contributed by atoms with Gasteiger partial charge in [0.1, 0.15) is 16.7 Å². The van der Waals surface area contributed by atoms with Gasteiger partial charge in [0.05, 0.1) is 45.9 Å². The van der Waals surface area contributed by atoms with Crippen LogP contribution in [0.3, 0.4) is 0 Å². The Hall–Kier alpha value is -3.63. The molecule has 5 heterocycles. The third-order valence-corrected chi connectivity index (χ3v) is 9.28. The molecule has 4 aromatic rings. The monoisotopic (exact) mass is 623 g/mol. The number of nitrogens with zero attached hydrogens (tertiary/aromatic N) is 5. The van der Waals surface area contributed by atoms with E-state index in [1.807, 2.05) is 0 Å². The number of amides is 1. The lowest BCUT2D eigenvalue weighted by molar-refractivity contribution is 0.0636. The summed E-state index contributed by atoms with van der Waals surface area (Å²) < 4.78 is 26.6. The standard InChI is InChI=1S/C30H31ClFN7O3S/c1-6-34-20-7-8-39(14(20)2)28-36-10-16-17-12-41-13-18(17)21(23(31)24(16)37-28)25-22-15(9-33)27(38-29(40)42-30(3,4)5)43-26(22)19(32)11-35-25/h10-11,14,20,34H,6-8,12-13H2,1-5H3,(H,38,40)/t14-,20-/m0/s1. The number of hydrogen-bond acceptors (Lipinski definition) is 10. The minimum absolute atomic E-state index is 0.0698. The molecule has 1 saturated heterocycles. The molecule has 2 atom stereocenters. The van der Waals surface area contributed by atoms with E-state index in [1.165, 1.54) is 0 Å². The lowest BCUT2D eigenvalue weighted by Crippen LogP contribution is -2.41. The molecule has 2 aliphatic heterocycles. The van der Waals surface area contributed by atoms with E-state index in [4.69, 9.17) is 31.0 Å². The summed E-state index contributed by atoms with van der Waals surface area (Å²) in [6, 6.07) is 2.65. The van der Waals surface area contributed by atoms with Gasteiger partial charge in [-0.2, -0.15) is 5.26 Å². The van der Waals surface area contributed by atoms with Crippen LogP contribution in [-0.2, 0) is 22.7 Å². The fourth-order valence-corrected chi connectivity index (χ4v) is 7.28. The van der Waals surface area contributed by atoms with Crippen LogP contribution in [0.1, 0.15) is 57.7 Å². The Balaban J connectivity index is 1.53. The Morgan fingerprint density at radius 2 is 2.07 bits per heavy atom. The summed E-state index contributed by atoms with van der Waals surface area (Å²) in [4.78, 5) is 28.9. The van der Waals surface area contributed by atoms with Crippen LogP contribution >= 0.6 is 22.9 Å². The van der Waals surface area contributed by atoms with Crippen LogP contribution in [0.5, 0.6) is 0 Å². The largest absolute Gasteiger partial charge is 0.444 e. The maximum Gasteiger partial charge on any atom is 0.412 e. The van der Waals surface area contributed by atoms with Crippen molar-refractivity contribution >= 4 is 61.0 Å². The molecule has 10 nitrogen and oxygen atoms in total. The second-order valence-electron chi connectivity index (χ2n) is 11.7. The van der Waals surface area contributed by atoms with Crippen LogP contribution in [0.2, 0.25) is 5.02 Å². The molecule has 0 aliphatic carbocycles. The highest BCUT2D eigenvalue weighted by atomic mass is 35.5. The molecule has 0 saturated carbocycles. The second kappa shape index (κ2) is 11.1. The Kier molecular flexibility index (Phi) is 7.62. The number of carbonyl (C=O) groups is 1. The molecule has 1 aromatic carbocycles. The van der Waals surface area contributed by atoms with Crippen LogP contribution < -0.4 is 15.5 Å². The fraction of sp³-hybridized carbons (Fsp3) is 0.433. The molecule has 0 unspecified atom stereocenters. The summed E-state index contributed by atoms with van der Waals surface area (Å²) >= 11 is 8.12. The smallest absolute Gasteiger partial charge is 0.412 e. The topological polar surface area (TPSA) is 125 Å². The minimum atomic E-state index is -0.758. The molecular formula is C30H31ClFN7O3S. The van der Waals surface area contributed by atoms with Crippen molar-refractivity contribution in [2.24, 2.45) is 0 Å². The Morgan fingerprint density at radius 3 is 2.79 bits per heavy atom. The van der Waals surface area contributed by atoms with E-state index in [1.54, 1.807) is 27.0 Å². The average Bonchev–Trinajstić information content (AvgIpc) is 3.67. The van der Waals surface area contributed by atoms with E-state index in [0.29, 0.717) is 40.4 Å². The average molecular weight is 624 g/mol. The van der Waals surface area contributed by atoms with E-state index in [-0.39, 0.29) is 33.3 Å². The zero-order chi connectivity index (χ0) is 30.6. The highest BCUT2D eigenvalue weighted by Crippen LogP contribution is 2.48. The number of aromatic nitrogens is 3. The minimum Gasteiger partial charge on any atom is -0.444 e. The van der Waals surface area contributed by atoms with Crippen LogP contribution in [0.15, 0.2) is 12.4 Å². The summed E-state index contributed by atoms with van der Waals surface area (Å²) in [7, 11) is 0. The van der Waals surface area contributed by atoms with Gasteiger partial charge in [0.2, 0.25) is 5.95 Å². The highest BCUT2D eigenvalue weighted by Gasteiger charge is 2.34. The highest BCUT2D eigenvalue weighted by molar-refractivity contribution is 7.23. The van der Waals surface area contributed by atoms with Crippen molar-refractivity contribution in [1.82, 2.24) is 20.3 Å². The molecule has 0 bridgehead atoms. The van der Waals surface area contributed by atoms with E-state index < -0.39 is 17.5 Å². The van der Waals surface area contributed by atoms with Gasteiger partial charge in [-0.05, 0) is 51.8 Å². The van der Waals surface area contributed by atoms with Crippen molar-refractivity contribution < 1.29 is 18.7 Å². The van der Waals surface area contributed by atoms with Crippen molar-refractivity contribution in [3.05, 3.63) is 39.9 Å². The lowest BCUT2D eigenvalue weighted by Gasteiger charge is -2.25. The van der Waals surface area contributed by atoms with Crippen molar-refractivity contribution in [2.75, 3.05) is 23.3 Å². The first kappa shape index (κ1) is 29.4. The zero-order valence-corrected chi connectivity index (χ0v) is 26.0. The number of rotatable bonds is 5. The van der Waals surface area contributed by atoms with Gasteiger partial charge in [0, 0.05) is 41.2 Å². The van der Waals surface area contributed by atoms with Crippen molar-refractivity contribution in [3.8, 4) is 17.3 Å². The SMILES string of the molecule is CCN[C@H]1CCN(c2ncc3c4c(c(-c5ncc(F)c6sc(NC(=O)OC(C)(C)C)c(C#N)c56)c(Cl)c3n2)COC4)[C@H]1C. The van der Waals surface area contributed by atoms with Gasteiger partial charge < -0.3 is 19.7 Å². The number of carbonyl (C=O) groups excluding carboxylic acids is 1. The van der Waals surface area contributed by atoms with E-state index in [9.17, 15) is 10.1 Å². The maximum atomic E-state index is 15.2. The Morgan fingerprint density at radius 1 is 1.30 bits per heavy atom. The van der Waals surface area contributed by atoms with Gasteiger partial charge in [0.15, 0.2) is 5.82 Å². The maximum absolute atomic E-state index is 15.2. The van der Waals surface area contributed by atoms with Gasteiger partial charge >= 0.3 is 6.09 Å². The lowest BCUT2D eigenvalue weighted by atomic mass is 9.94. The summed E-state index contributed by atoms with van der Waals surface area (Å²) in [5.74, 6) is -0.0494. The summed E-state index contributed by atoms with van der Waals surface area (Å²) in [5.41, 5.74) is 2.34. The molecule has 3 aromatic heterocycles. The van der Waals surface area contributed by atoms with Gasteiger partial charge in [-0.1, -0.05) is 18.5 Å². The first-order valence-corrected chi connectivity index (χ1v) is 15.3. The van der Waals surface area contributed by atoms with E-state index in [0.717, 1.165) is 53.6 Å². The van der Waals surface area contributed by atoms with E-state index in [2.05, 4.69) is 40.4 Å². The van der Waals surface area contributed by atoms with Crippen LogP contribution in [-0.4, -0.2) is 51.8 Å². The predicted molar refractivity (Wildman–Crippen MR) is 165 cm³/mol. The molecule has 13 heteroatoms. The summed E-state index contributed by atoms with van der Waals surface area (Å²) in [5, 5.41) is 17.9. The number of anilines is 2. The van der Waals surface area contributed by atoms with Crippen molar-refractivity contribution in [2.45, 2.75) is 71.9 Å². The van der Waals surface area contributed by atoms with Gasteiger partial charge in [0.25, 0.3) is 0 Å². The molecule has 1 amide bonds. The van der Waals surface area contributed by atoms with Crippen LogP contribution in [0.25, 0.3) is 32.2 Å². The van der Waals surface area contributed by atoms with Crippen LogP contribution in [0, 0.1) is 17.1 Å². The quantitative estimate of drug-likeness (QED) is 0.255. The molecule has 224 valence electrons. The summed E-state index contributed by atoms with van der Waals surface area (Å²) in [6.07, 6.45) is 3.11. The van der Waals surface area contributed by atoms with Crippen molar-refractivity contribution in [1.29, 1.82) is 5.26 Å². The van der Waals surface area contributed by atoms with E-state index >= 15 is 4.39 Å². The second-order valence-corrected chi connectivity index (χ2v) is 13.1. The number of halogens is 2. The number of pyridine rings is 1. The zero-order valence-electron chi connectivity index (χ0n) is 24.5. The molecular weight excluding hydrogens is 593 g/mol. The first-order chi connectivity index (χ1) is 20.5. The fourth-order valence-electron chi connectivity index (χ4n) is 5.90. The number of ether oxygens (including phenoxy) is 2. The molecule has 2 N–H and O–H groups in total. The van der Waals surface area contributed by atoms with Crippen LogP contribution in [0.4, 0.5) is 20.1 Å². The molecule has 2 aliphatic rings. The third kappa shape index (κ3) is 5.14. The van der Waals surface area contributed by atoms with Crippen molar-refractivity contribution in [3.63, 3.8) is 0 Å². The number of nitrogens with one attached hydrogen (secondary N) is 2. The first-order valence-electron chi connectivity index (χ1n) is 14.1. The molecule has 43 heavy (non-hydrogen) atoms. The number of thiophene rings is 1. The molecule has 0 spiro atoms. The molecule has 6 rings (SSSR count). The predicted octanol–water partition coefficient (Wildman–Crippen LogP) is 6.52. The third-order valence-electron chi connectivity index (χ3n) is 7.80. The number of fused-ring (bicyclic) bond motifs is 4. The molecule has 0 radical (unpaired) electrons. The number of benzene rings is 1. The summed E-state index contributed by atoms with van der Waals surface area (Å²) in [6.45, 7) is 11.7. The van der Waals surface area contributed by atoms with Gasteiger partial charge in [-0.15, -0.1) is 11.3 Å². The van der Waals surface area contributed by atoms with Gasteiger partial charge in [-0.3, -0.25) is 10.3 Å².